The maximum Gasteiger partial charge on any atom is 0.275 e. The quantitative estimate of drug-likeness (QED) is 0.815. The lowest BCUT2D eigenvalue weighted by Gasteiger charge is -2.12. The number of hydrogen-bond donors (Lipinski definition) is 1. The molecule has 0 aromatic heterocycles. The van der Waals surface area contributed by atoms with E-state index in [1.807, 2.05) is 46.8 Å². The van der Waals surface area contributed by atoms with E-state index >= 15 is 0 Å². The van der Waals surface area contributed by atoms with Gasteiger partial charge < -0.3 is 0 Å². The summed E-state index contributed by atoms with van der Waals surface area (Å²) in [6.45, 7) is 10.5. The number of hydroxylamine groups is 1. The van der Waals surface area contributed by atoms with Crippen molar-refractivity contribution >= 4 is 5.91 Å². The van der Waals surface area contributed by atoms with Gasteiger partial charge in [0.15, 0.2) is 0 Å². The zero-order chi connectivity index (χ0) is 13.0. The zero-order valence-electron chi connectivity index (χ0n) is 11.3. The van der Waals surface area contributed by atoms with Crippen molar-refractivity contribution in [2.75, 3.05) is 6.61 Å². The van der Waals surface area contributed by atoms with E-state index in [2.05, 4.69) is 5.48 Å². The monoisotopic (exact) mass is 235 g/mol. The Labute approximate surface area is 103 Å². The minimum Gasteiger partial charge on any atom is -0.273 e. The average Bonchev–Trinajstić information content (AvgIpc) is 2.14. The number of benzene rings is 1. The van der Waals surface area contributed by atoms with Crippen molar-refractivity contribution < 1.29 is 9.63 Å². The average molecular weight is 235 g/mol. The van der Waals surface area contributed by atoms with Gasteiger partial charge in [-0.05, 0) is 37.8 Å². The number of rotatable bonds is 4. The van der Waals surface area contributed by atoms with Crippen molar-refractivity contribution in [2.45, 2.75) is 34.6 Å². The fourth-order valence-corrected chi connectivity index (χ4v) is 1.86. The van der Waals surface area contributed by atoms with Crippen molar-refractivity contribution in [1.82, 2.24) is 5.48 Å². The van der Waals surface area contributed by atoms with E-state index in [9.17, 15) is 4.79 Å². The molecule has 1 aromatic rings. The number of amides is 1. The third-order valence-electron chi connectivity index (χ3n) is 2.49. The van der Waals surface area contributed by atoms with Gasteiger partial charge in [-0.25, -0.2) is 5.48 Å². The van der Waals surface area contributed by atoms with Crippen LogP contribution < -0.4 is 5.48 Å². The van der Waals surface area contributed by atoms with Crippen LogP contribution in [-0.2, 0) is 4.84 Å². The van der Waals surface area contributed by atoms with E-state index in [0.29, 0.717) is 18.1 Å². The molecule has 1 aromatic carbocycles. The highest BCUT2D eigenvalue weighted by Gasteiger charge is 2.12. The molecule has 1 rings (SSSR count). The molecule has 0 saturated carbocycles. The molecule has 0 aliphatic carbocycles. The Kier molecular flexibility index (Phi) is 4.70. The fourth-order valence-electron chi connectivity index (χ4n) is 1.86. The molecule has 0 radical (unpaired) electrons. The number of nitrogens with one attached hydrogen (secondary N) is 1. The standard InChI is InChI=1S/C14H21NO2/c1-9(2)8-17-15-14(16)13-11(4)6-10(3)7-12(13)5/h6-7,9H,8H2,1-5H3,(H,15,16). The molecule has 0 heterocycles. The van der Waals surface area contributed by atoms with Crippen LogP contribution >= 0.6 is 0 Å². The summed E-state index contributed by atoms with van der Waals surface area (Å²) in [4.78, 5) is 17.1. The Hall–Kier alpha value is -1.35. The molecular weight excluding hydrogens is 214 g/mol. The molecule has 0 fully saturated rings. The molecule has 0 bridgehead atoms. The van der Waals surface area contributed by atoms with Crippen LogP contribution in [0.25, 0.3) is 0 Å². The van der Waals surface area contributed by atoms with Gasteiger partial charge in [-0.1, -0.05) is 31.5 Å². The number of aryl methyl sites for hydroxylation is 3. The van der Waals surface area contributed by atoms with E-state index in [4.69, 9.17) is 4.84 Å². The van der Waals surface area contributed by atoms with E-state index < -0.39 is 0 Å². The summed E-state index contributed by atoms with van der Waals surface area (Å²) in [6, 6.07) is 4.01. The van der Waals surface area contributed by atoms with E-state index in [1.165, 1.54) is 5.56 Å². The highest BCUT2D eigenvalue weighted by molar-refractivity contribution is 5.96. The van der Waals surface area contributed by atoms with Gasteiger partial charge in [0.05, 0.1) is 6.61 Å². The van der Waals surface area contributed by atoms with Crippen molar-refractivity contribution in [3.05, 3.63) is 34.4 Å². The Morgan fingerprint density at radius 3 is 2.24 bits per heavy atom. The van der Waals surface area contributed by atoms with Crippen LogP contribution in [0.15, 0.2) is 12.1 Å². The lowest BCUT2D eigenvalue weighted by atomic mass is 9.99. The summed E-state index contributed by atoms with van der Waals surface area (Å²) in [5.74, 6) is 0.233. The predicted octanol–water partition coefficient (Wildman–Crippen LogP) is 2.93. The summed E-state index contributed by atoms with van der Waals surface area (Å²) in [5.41, 5.74) is 6.33. The summed E-state index contributed by atoms with van der Waals surface area (Å²) in [7, 11) is 0. The first-order valence-corrected chi connectivity index (χ1v) is 5.91. The molecule has 1 N–H and O–H groups in total. The zero-order valence-corrected chi connectivity index (χ0v) is 11.3. The van der Waals surface area contributed by atoms with E-state index in [1.54, 1.807) is 0 Å². The van der Waals surface area contributed by atoms with E-state index in [0.717, 1.165) is 11.1 Å². The third kappa shape index (κ3) is 3.86. The molecule has 0 aliphatic rings. The molecule has 0 saturated heterocycles. The van der Waals surface area contributed by atoms with Crippen LogP contribution in [0.1, 0.15) is 40.9 Å². The van der Waals surface area contributed by atoms with Gasteiger partial charge in [0.2, 0.25) is 0 Å². The van der Waals surface area contributed by atoms with Gasteiger partial charge in [0.1, 0.15) is 0 Å². The lowest BCUT2D eigenvalue weighted by molar-refractivity contribution is 0.0207. The smallest absolute Gasteiger partial charge is 0.273 e. The first kappa shape index (κ1) is 13.7. The SMILES string of the molecule is Cc1cc(C)c(C(=O)NOCC(C)C)c(C)c1. The lowest BCUT2D eigenvalue weighted by Crippen LogP contribution is -2.27. The molecule has 0 unspecified atom stereocenters. The second-order valence-corrected chi connectivity index (χ2v) is 4.91. The Bertz CT molecular complexity index is 388. The van der Waals surface area contributed by atoms with Crippen LogP contribution in [-0.4, -0.2) is 12.5 Å². The normalized spacial score (nSPS) is 10.7. The van der Waals surface area contributed by atoms with Gasteiger partial charge in [0, 0.05) is 5.56 Å². The fraction of sp³-hybridized carbons (Fsp3) is 0.500. The Balaban J connectivity index is 2.76. The van der Waals surface area contributed by atoms with Crippen molar-refractivity contribution in [3.8, 4) is 0 Å². The van der Waals surface area contributed by atoms with Gasteiger partial charge in [-0.2, -0.15) is 0 Å². The first-order valence-electron chi connectivity index (χ1n) is 5.91. The summed E-state index contributed by atoms with van der Waals surface area (Å²) in [6.07, 6.45) is 0. The molecule has 0 atom stereocenters. The third-order valence-corrected chi connectivity index (χ3v) is 2.49. The Morgan fingerprint density at radius 2 is 1.76 bits per heavy atom. The summed E-state index contributed by atoms with van der Waals surface area (Å²) < 4.78 is 0. The van der Waals surface area contributed by atoms with Crippen molar-refractivity contribution in [3.63, 3.8) is 0 Å². The molecule has 3 nitrogen and oxygen atoms in total. The highest BCUT2D eigenvalue weighted by Crippen LogP contribution is 2.16. The summed E-state index contributed by atoms with van der Waals surface area (Å²) >= 11 is 0. The van der Waals surface area contributed by atoms with E-state index in [-0.39, 0.29) is 5.91 Å². The topological polar surface area (TPSA) is 38.3 Å². The number of hydrogen-bond acceptors (Lipinski definition) is 2. The molecule has 0 spiro atoms. The highest BCUT2D eigenvalue weighted by atomic mass is 16.6. The van der Waals surface area contributed by atoms with Crippen molar-refractivity contribution in [2.24, 2.45) is 5.92 Å². The maximum atomic E-state index is 11.9. The second kappa shape index (κ2) is 5.82. The van der Waals surface area contributed by atoms with Gasteiger partial charge >= 0.3 is 0 Å². The molecule has 1 amide bonds. The van der Waals surface area contributed by atoms with Gasteiger partial charge in [-0.3, -0.25) is 9.63 Å². The van der Waals surface area contributed by atoms with Gasteiger partial charge in [0.25, 0.3) is 5.91 Å². The molecular formula is C14H21NO2. The maximum absolute atomic E-state index is 11.9. The van der Waals surface area contributed by atoms with Crippen LogP contribution in [0.5, 0.6) is 0 Å². The molecule has 94 valence electrons. The van der Waals surface area contributed by atoms with Crippen LogP contribution in [0.4, 0.5) is 0 Å². The largest absolute Gasteiger partial charge is 0.275 e. The molecule has 17 heavy (non-hydrogen) atoms. The second-order valence-electron chi connectivity index (χ2n) is 4.91. The summed E-state index contributed by atoms with van der Waals surface area (Å²) in [5, 5.41) is 0. The van der Waals surface area contributed by atoms with Crippen LogP contribution in [0, 0.1) is 26.7 Å². The number of carbonyl (C=O) groups is 1. The van der Waals surface area contributed by atoms with Crippen molar-refractivity contribution in [1.29, 1.82) is 0 Å². The predicted molar refractivity (Wildman–Crippen MR) is 68.9 cm³/mol. The number of carbonyl (C=O) groups excluding carboxylic acids is 1. The van der Waals surface area contributed by atoms with Gasteiger partial charge in [-0.15, -0.1) is 0 Å². The Morgan fingerprint density at radius 1 is 1.24 bits per heavy atom. The first-order chi connectivity index (χ1) is 7.91. The minimum atomic E-state index is -0.166. The molecule has 0 aliphatic heterocycles. The minimum absolute atomic E-state index is 0.166. The van der Waals surface area contributed by atoms with Crippen LogP contribution in [0.3, 0.4) is 0 Å². The molecule has 3 heteroatoms. The van der Waals surface area contributed by atoms with Crippen LogP contribution in [0.2, 0.25) is 0 Å².